The normalized spacial score (nSPS) is 36.7. The maximum Gasteiger partial charge on any atom is 0.220 e. The lowest BCUT2D eigenvalue weighted by atomic mass is 9.53. The van der Waals surface area contributed by atoms with Gasteiger partial charge in [-0.15, -0.1) is 0 Å². The van der Waals surface area contributed by atoms with E-state index in [-0.39, 0.29) is 5.91 Å². The lowest BCUT2D eigenvalue weighted by molar-refractivity contribution is -0.390. The van der Waals surface area contributed by atoms with E-state index in [0.29, 0.717) is 35.7 Å². The molecule has 2 heterocycles. The number of hydrogen-bond acceptors (Lipinski definition) is 6. The van der Waals surface area contributed by atoms with E-state index in [0.717, 1.165) is 73.5 Å². The maximum atomic E-state index is 12.6. The van der Waals surface area contributed by atoms with Crippen molar-refractivity contribution in [2.45, 2.75) is 88.6 Å². The molecule has 7 nitrogen and oxygen atoms in total. The lowest BCUT2D eigenvalue weighted by Gasteiger charge is -2.57. The highest BCUT2D eigenvalue weighted by Gasteiger charge is 2.66. The summed E-state index contributed by atoms with van der Waals surface area (Å²) in [7, 11) is 0. The van der Waals surface area contributed by atoms with Crippen molar-refractivity contribution in [3.8, 4) is 0 Å². The minimum atomic E-state index is -0.595. The number of hydrogen-bond donors (Lipinski definition) is 2. The van der Waals surface area contributed by atoms with Crippen LogP contribution in [0.15, 0.2) is 30.5 Å². The number of unbranched alkanes of at least 4 members (excludes halogenated alkanes) is 1. The summed E-state index contributed by atoms with van der Waals surface area (Å²) in [6, 6.07) is 7.76. The van der Waals surface area contributed by atoms with Crippen molar-refractivity contribution in [2.75, 3.05) is 18.4 Å². The summed E-state index contributed by atoms with van der Waals surface area (Å²) >= 11 is 6.09. The van der Waals surface area contributed by atoms with Crippen molar-refractivity contribution >= 4 is 34.1 Å². The van der Waals surface area contributed by atoms with Gasteiger partial charge in [-0.05, 0) is 99.8 Å². The highest BCUT2D eigenvalue weighted by atomic mass is 35.5. The average Bonchev–Trinajstić information content (AvgIpc) is 3.30. The second-order valence-electron chi connectivity index (χ2n) is 12.9. The molecule has 5 aliphatic carbocycles. The van der Waals surface area contributed by atoms with Crippen LogP contribution in [0.4, 0.5) is 5.69 Å². The van der Waals surface area contributed by atoms with Crippen LogP contribution in [0.5, 0.6) is 0 Å². The minimum Gasteiger partial charge on any atom is -0.384 e. The molecule has 1 amide bonds. The number of anilines is 1. The summed E-state index contributed by atoms with van der Waals surface area (Å²) < 4.78 is 6.81. The Kier molecular flexibility index (Phi) is 6.98. The van der Waals surface area contributed by atoms with E-state index in [1.54, 1.807) is 6.20 Å². The largest absolute Gasteiger partial charge is 0.384 e. The van der Waals surface area contributed by atoms with Gasteiger partial charge in [0.2, 0.25) is 17.5 Å². The van der Waals surface area contributed by atoms with Crippen LogP contribution in [0.3, 0.4) is 0 Å². The van der Waals surface area contributed by atoms with Gasteiger partial charge in [-0.2, -0.15) is 9.78 Å². The third-order valence-electron chi connectivity index (χ3n) is 10.2. The van der Waals surface area contributed by atoms with Gasteiger partial charge in [0.25, 0.3) is 0 Å². The molecule has 1 saturated heterocycles. The Balaban J connectivity index is 0.814. The number of rotatable bonds is 8. The van der Waals surface area contributed by atoms with E-state index < -0.39 is 11.6 Å². The smallest absolute Gasteiger partial charge is 0.220 e. The molecule has 4 bridgehead atoms. The number of nitrogens with one attached hydrogen (secondary N) is 2. The minimum absolute atomic E-state index is 0.155. The van der Waals surface area contributed by atoms with Gasteiger partial charge in [-0.25, -0.2) is 0 Å². The van der Waals surface area contributed by atoms with Gasteiger partial charge in [-0.1, -0.05) is 11.6 Å². The highest BCUT2D eigenvalue weighted by Crippen LogP contribution is 2.63. The first kappa shape index (κ1) is 26.0. The molecule has 210 valence electrons. The Morgan fingerprint density at radius 1 is 0.974 bits per heavy atom. The molecule has 2 aromatic rings. The van der Waals surface area contributed by atoms with Gasteiger partial charge in [0.15, 0.2) is 0 Å². The Bertz CT molecular complexity index is 1190. The number of pyridine rings is 1. The molecular weight excluding hydrogens is 514 g/mol. The van der Waals surface area contributed by atoms with Crippen LogP contribution in [0.25, 0.3) is 10.9 Å². The number of fused-ring (bicyclic) bond motifs is 1. The van der Waals surface area contributed by atoms with E-state index in [1.165, 1.54) is 32.1 Å². The average molecular weight is 554 g/mol. The first-order valence-corrected chi connectivity index (χ1v) is 15.5. The number of ether oxygens (including phenoxy) is 1. The number of carbonyl (C=O) groups excluding carboxylic acids is 1. The second kappa shape index (κ2) is 10.5. The standard InChI is InChI=1S/C31H40ClN3O4/c32-25-3-4-26-27(7-12-34-28(26)19-25)33-10-1-2-11-35-29(36)18-20-5-8-30(9-6-20)37-31(39-38-30)23-14-21-13-22(16-23)17-24(31)15-21/h3-4,7,12,19-24H,1-2,5-6,8-11,13-18H2,(H,33,34)(H,35,36)/t20-,21?,22?,23?,24?,30+,31-. The number of nitrogens with zero attached hydrogens (tertiary/aromatic N) is 1. The van der Waals surface area contributed by atoms with E-state index >= 15 is 0 Å². The molecule has 8 rings (SSSR count). The topological polar surface area (TPSA) is 81.7 Å². The van der Waals surface area contributed by atoms with E-state index in [2.05, 4.69) is 15.6 Å². The van der Waals surface area contributed by atoms with Crippen molar-refractivity contribution in [1.82, 2.24) is 10.3 Å². The van der Waals surface area contributed by atoms with Gasteiger partial charge >= 0.3 is 0 Å². The number of carbonyl (C=O) groups is 1. The van der Waals surface area contributed by atoms with Crippen LogP contribution in [0, 0.1) is 29.6 Å². The molecule has 6 fully saturated rings. The molecule has 1 aromatic carbocycles. The van der Waals surface area contributed by atoms with Crippen LogP contribution in [0.1, 0.15) is 77.0 Å². The first-order chi connectivity index (χ1) is 19.0. The molecule has 0 unspecified atom stereocenters. The number of aromatic nitrogens is 1. The third kappa shape index (κ3) is 5.05. The summed E-state index contributed by atoms with van der Waals surface area (Å²) in [6.07, 6.45) is 14.2. The van der Waals surface area contributed by atoms with Crippen molar-refractivity contribution in [3.05, 3.63) is 35.5 Å². The Hall–Kier alpha value is -1.93. The summed E-state index contributed by atoms with van der Waals surface area (Å²) in [6.45, 7) is 1.55. The lowest BCUT2D eigenvalue weighted by Crippen LogP contribution is -2.59. The zero-order valence-corrected chi connectivity index (χ0v) is 23.4. The fourth-order valence-corrected chi connectivity index (χ4v) is 8.59. The number of amides is 1. The SMILES string of the molecule is O=C(C[C@H]1CC[C@]2(CC1)OO[C@]1(O2)C2CC3CC(C2)CC1C3)NCCCCNc1ccnc2cc(Cl)ccc12. The fourth-order valence-electron chi connectivity index (χ4n) is 8.43. The maximum absolute atomic E-state index is 12.6. The van der Waals surface area contributed by atoms with E-state index in [1.807, 2.05) is 24.3 Å². The number of benzene rings is 1. The summed E-state index contributed by atoms with van der Waals surface area (Å²) in [4.78, 5) is 29.2. The van der Waals surface area contributed by atoms with Gasteiger partial charge in [-0.3, -0.25) is 9.78 Å². The van der Waals surface area contributed by atoms with Gasteiger partial charge in [0.05, 0.1) is 5.52 Å². The molecule has 0 radical (unpaired) electrons. The molecule has 2 N–H and O–H groups in total. The molecule has 1 aliphatic heterocycles. The van der Waals surface area contributed by atoms with Gasteiger partial charge in [0.1, 0.15) is 0 Å². The van der Waals surface area contributed by atoms with Gasteiger partial charge in [0, 0.05) is 66.5 Å². The quantitative estimate of drug-likeness (QED) is 0.283. The van der Waals surface area contributed by atoms with Crippen molar-refractivity contribution in [1.29, 1.82) is 0 Å². The zero-order valence-electron chi connectivity index (χ0n) is 22.6. The molecular formula is C31H40ClN3O4. The van der Waals surface area contributed by atoms with Crippen LogP contribution < -0.4 is 10.6 Å². The van der Waals surface area contributed by atoms with Crippen LogP contribution in [-0.4, -0.2) is 35.6 Å². The summed E-state index contributed by atoms with van der Waals surface area (Å²) in [5, 5.41) is 8.38. The summed E-state index contributed by atoms with van der Waals surface area (Å²) in [5.74, 6) is 2.18. The van der Waals surface area contributed by atoms with Crippen LogP contribution >= 0.6 is 11.6 Å². The first-order valence-electron chi connectivity index (χ1n) is 15.1. The fraction of sp³-hybridized carbons (Fsp3) is 0.677. The summed E-state index contributed by atoms with van der Waals surface area (Å²) in [5.41, 5.74) is 1.95. The Morgan fingerprint density at radius 2 is 1.72 bits per heavy atom. The molecule has 39 heavy (non-hydrogen) atoms. The predicted molar refractivity (Wildman–Crippen MR) is 150 cm³/mol. The monoisotopic (exact) mass is 553 g/mol. The molecule has 8 heteroatoms. The van der Waals surface area contributed by atoms with Crippen LogP contribution in [-0.2, 0) is 19.3 Å². The molecule has 5 saturated carbocycles. The molecule has 2 spiro atoms. The Morgan fingerprint density at radius 3 is 2.49 bits per heavy atom. The third-order valence-corrected chi connectivity index (χ3v) is 10.5. The van der Waals surface area contributed by atoms with Crippen molar-refractivity contribution in [2.24, 2.45) is 29.6 Å². The van der Waals surface area contributed by atoms with Crippen LogP contribution in [0.2, 0.25) is 5.02 Å². The molecule has 1 aromatic heterocycles. The molecule has 6 aliphatic rings. The highest BCUT2D eigenvalue weighted by molar-refractivity contribution is 6.31. The van der Waals surface area contributed by atoms with Gasteiger partial charge < -0.3 is 15.4 Å². The van der Waals surface area contributed by atoms with Crippen molar-refractivity contribution in [3.63, 3.8) is 0 Å². The molecule has 0 atom stereocenters. The Labute approximate surface area is 235 Å². The second-order valence-corrected chi connectivity index (χ2v) is 13.3. The predicted octanol–water partition coefficient (Wildman–Crippen LogP) is 6.60. The zero-order chi connectivity index (χ0) is 26.5. The van der Waals surface area contributed by atoms with E-state index in [4.69, 9.17) is 26.1 Å². The number of halogens is 1. The van der Waals surface area contributed by atoms with E-state index in [9.17, 15) is 4.79 Å². The van der Waals surface area contributed by atoms with Crippen molar-refractivity contribution < 1.29 is 19.3 Å².